The summed E-state index contributed by atoms with van der Waals surface area (Å²) in [5.74, 6) is 0.793. The average molecular weight is 192 g/mol. The van der Waals surface area contributed by atoms with Gasteiger partial charge in [-0.15, -0.1) is 0 Å². The molecule has 1 aromatic carbocycles. The van der Waals surface area contributed by atoms with Crippen LogP contribution in [0, 0.1) is 6.07 Å². The highest BCUT2D eigenvalue weighted by atomic mass is 16.5. The van der Waals surface area contributed by atoms with E-state index >= 15 is 0 Å². The Morgan fingerprint density at radius 2 is 2.29 bits per heavy atom. The Bertz CT molecular complexity index is 321. The molecule has 75 valence electrons. The maximum absolute atomic E-state index is 11.4. The van der Waals surface area contributed by atoms with Gasteiger partial charge in [0.1, 0.15) is 5.75 Å². The van der Waals surface area contributed by atoms with Crippen LogP contribution >= 0.6 is 0 Å². The molecule has 0 aliphatic rings. The summed E-state index contributed by atoms with van der Waals surface area (Å²) in [6.45, 7) is 0. The quantitative estimate of drug-likeness (QED) is 0.718. The fourth-order valence-corrected chi connectivity index (χ4v) is 1.11. The number of hydrogen-bond donors (Lipinski definition) is 0. The van der Waals surface area contributed by atoms with Crippen LogP contribution in [0.25, 0.3) is 0 Å². The highest BCUT2D eigenvalue weighted by Gasteiger charge is 2.09. The van der Waals surface area contributed by atoms with Gasteiger partial charge in [-0.2, -0.15) is 0 Å². The lowest BCUT2D eigenvalue weighted by atomic mass is 10.1. The van der Waals surface area contributed by atoms with E-state index in [1.807, 2.05) is 0 Å². The van der Waals surface area contributed by atoms with Gasteiger partial charge in [-0.25, -0.2) is 0 Å². The lowest BCUT2D eigenvalue weighted by Gasteiger charge is -2.11. The zero-order chi connectivity index (χ0) is 10.6. The lowest BCUT2D eigenvalue weighted by Crippen LogP contribution is -2.23. The smallest absolute Gasteiger partial charge is 0.226 e. The molecule has 0 saturated carbocycles. The van der Waals surface area contributed by atoms with Gasteiger partial charge in [0.05, 0.1) is 13.5 Å². The van der Waals surface area contributed by atoms with Gasteiger partial charge in [-0.1, -0.05) is 6.07 Å². The number of likely N-dealkylation sites (N-methyl/N-ethyl adjacent to an activating group) is 1. The first kappa shape index (κ1) is 10.6. The van der Waals surface area contributed by atoms with E-state index < -0.39 is 0 Å². The number of ether oxygens (including phenoxy) is 1. The third-order valence-electron chi connectivity index (χ3n) is 1.97. The van der Waals surface area contributed by atoms with Gasteiger partial charge in [-0.3, -0.25) is 4.79 Å². The molecule has 0 unspecified atom stereocenters. The van der Waals surface area contributed by atoms with E-state index in [1.54, 1.807) is 44.3 Å². The maximum atomic E-state index is 11.4. The van der Waals surface area contributed by atoms with E-state index in [-0.39, 0.29) is 5.91 Å². The Hall–Kier alpha value is -1.51. The Morgan fingerprint density at radius 1 is 1.57 bits per heavy atom. The van der Waals surface area contributed by atoms with Gasteiger partial charge in [0.25, 0.3) is 0 Å². The second-order valence-corrected chi connectivity index (χ2v) is 3.20. The summed E-state index contributed by atoms with van der Waals surface area (Å²) in [7, 11) is 5.07. The van der Waals surface area contributed by atoms with Gasteiger partial charge < -0.3 is 9.64 Å². The molecule has 3 heteroatoms. The summed E-state index contributed by atoms with van der Waals surface area (Å²) in [5, 5.41) is 0. The van der Waals surface area contributed by atoms with Crippen LogP contribution in [0.15, 0.2) is 18.2 Å². The molecule has 1 rings (SSSR count). The summed E-state index contributed by atoms with van der Waals surface area (Å²) in [6.07, 6.45) is 0.355. The molecular weight excluding hydrogens is 178 g/mol. The number of rotatable bonds is 3. The molecule has 0 saturated heterocycles. The minimum atomic E-state index is 0.0582. The number of carbonyl (C=O) groups is 1. The van der Waals surface area contributed by atoms with Crippen molar-refractivity contribution in [1.29, 1.82) is 0 Å². The zero-order valence-electron chi connectivity index (χ0n) is 8.70. The molecule has 0 spiro atoms. The van der Waals surface area contributed by atoms with Crippen LogP contribution in [0.2, 0.25) is 0 Å². The second-order valence-electron chi connectivity index (χ2n) is 3.20. The number of amides is 1. The topological polar surface area (TPSA) is 29.5 Å². The summed E-state index contributed by atoms with van der Waals surface area (Å²) in [5.41, 5.74) is 0.869. The van der Waals surface area contributed by atoms with E-state index in [1.165, 1.54) is 0 Å². The zero-order valence-corrected chi connectivity index (χ0v) is 8.70. The third-order valence-corrected chi connectivity index (χ3v) is 1.97. The monoisotopic (exact) mass is 192 g/mol. The van der Waals surface area contributed by atoms with E-state index in [2.05, 4.69) is 6.07 Å². The predicted molar refractivity (Wildman–Crippen MR) is 54.2 cm³/mol. The van der Waals surface area contributed by atoms with Crippen molar-refractivity contribution in [2.24, 2.45) is 0 Å². The Kier molecular flexibility index (Phi) is 3.51. The van der Waals surface area contributed by atoms with Gasteiger partial charge in [0.15, 0.2) is 0 Å². The highest BCUT2D eigenvalue weighted by Crippen LogP contribution is 2.17. The molecule has 1 aromatic rings. The molecule has 0 bridgehead atoms. The molecule has 0 N–H and O–H groups in total. The predicted octanol–water partition coefficient (Wildman–Crippen LogP) is 1.13. The molecule has 1 amide bonds. The van der Waals surface area contributed by atoms with Crippen molar-refractivity contribution in [3.63, 3.8) is 0 Å². The van der Waals surface area contributed by atoms with Gasteiger partial charge in [0.2, 0.25) is 5.91 Å². The summed E-state index contributed by atoms with van der Waals surface area (Å²) >= 11 is 0. The Labute approximate surface area is 84.3 Å². The van der Waals surface area contributed by atoms with E-state index in [4.69, 9.17) is 4.74 Å². The summed E-state index contributed by atoms with van der Waals surface area (Å²) < 4.78 is 5.14. The Balaban J connectivity index is 2.80. The number of benzene rings is 1. The first-order valence-electron chi connectivity index (χ1n) is 4.38. The lowest BCUT2D eigenvalue weighted by molar-refractivity contribution is -0.127. The fourth-order valence-electron chi connectivity index (χ4n) is 1.11. The molecule has 0 aromatic heterocycles. The van der Waals surface area contributed by atoms with Crippen molar-refractivity contribution < 1.29 is 9.53 Å². The molecule has 0 aliphatic heterocycles. The number of carbonyl (C=O) groups excluding carboxylic acids is 1. The van der Waals surface area contributed by atoms with Crippen molar-refractivity contribution in [1.82, 2.24) is 4.90 Å². The molecule has 0 fully saturated rings. The third kappa shape index (κ3) is 2.49. The number of nitrogens with zero attached hydrogens (tertiary/aromatic N) is 1. The number of hydrogen-bond acceptors (Lipinski definition) is 2. The van der Waals surface area contributed by atoms with E-state index in [0.717, 1.165) is 11.3 Å². The molecule has 3 nitrogen and oxygen atoms in total. The average Bonchev–Trinajstić information content (AvgIpc) is 2.18. The largest absolute Gasteiger partial charge is 0.496 e. The van der Waals surface area contributed by atoms with Crippen LogP contribution in [-0.2, 0) is 11.2 Å². The van der Waals surface area contributed by atoms with Crippen LogP contribution in [-0.4, -0.2) is 32.0 Å². The molecule has 0 heterocycles. The van der Waals surface area contributed by atoms with Gasteiger partial charge in [0, 0.05) is 19.7 Å². The first-order valence-corrected chi connectivity index (χ1v) is 4.38. The first-order chi connectivity index (χ1) is 6.65. The van der Waals surface area contributed by atoms with Crippen molar-refractivity contribution in [3.05, 3.63) is 29.8 Å². The van der Waals surface area contributed by atoms with Gasteiger partial charge >= 0.3 is 0 Å². The van der Waals surface area contributed by atoms with Crippen molar-refractivity contribution in [2.75, 3.05) is 21.2 Å². The molecule has 0 atom stereocenters. The molecule has 1 radical (unpaired) electrons. The fraction of sp³-hybridized carbons (Fsp3) is 0.364. The maximum Gasteiger partial charge on any atom is 0.226 e. The highest BCUT2D eigenvalue weighted by molar-refractivity contribution is 5.78. The SMILES string of the molecule is COc1cc[c]cc1CC(=O)N(C)C. The normalized spacial score (nSPS) is 9.64. The summed E-state index contributed by atoms with van der Waals surface area (Å²) in [4.78, 5) is 13.0. The minimum absolute atomic E-state index is 0.0582. The minimum Gasteiger partial charge on any atom is -0.496 e. The van der Waals surface area contributed by atoms with E-state index in [9.17, 15) is 4.79 Å². The second kappa shape index (κ2) is 4.65. The number of methoxy groups -OCH3 is 1. The Morgan fingerprint density at radius 3 is 2.86 bits per heavy atom. The van der Waals surface area contributed by atoms with Crippen LogP contribution < -0.4 is 4.74 Å². The molecule has 14 heavy (non-hydrogen) atoms. The van der Waals surface area contributed by atoms with Crippen LogP contribution in [0.1, 0.15) is 5.56 Å². The van der Waals surface area contributed by atoms with E-state index in [0.29, 0.717) is 6.42 Å². The van der Waals surface area contributed by atoms with Crippen molar-refractivity contribution in [3.8, 4) is 5.75 Å². The standard InChI is InChI=1S/C11H14NO2/c1-12(2)11(13)8-9-6-4-5-7-10(9)14-3/h5-7H,8H2,1-3H3. The molecule has 0 aliphatic carbocycles. The van der Waals surface area contributed by atoms with Crippen molar-refractivity contribution >= 4 is 5.91 Å². The van der Waals surface area contributed by atoms with Crippen LogP contribution in [0.3, 0.4) is 0 Å². The molecular formula is C11H14NO2. The van der Waals surface area contributed by atoms with Crippen LogP contribution in [0.4, 0.5) is 0 Å². The van der Waals surface area contributed by atoms with Gasteiger partial charge in [-0.05, 0) is 18.2 Å². The summed E-state index contributed by atoms with van der Waals surface area (Å²) in [6, 6.07) is 8.28. The van der Waals surface area contributed by atoms with Crippen molar-refractivity contribution in [2.45, 2.75) is 6.42 Å². The van der Waals surface area contributed by atoms with Crippen LogP contribution in [0.5, 0.6) is 5.75 Å².